The van der Waals surface area contributed by atoms with Crippen LogP contribution in [0.25, 0.3) is 0 Å². The fourth-order valence-electron chi connectivity index (χ4n) is 1.43. The van der Waals surface area contributed by atoms with Crippen molar-refractivity contribution in [3.05, 3.63) is 0 Å². The van der Waals surface area contributed by atoms with E-state index in [0.29, 0.717) is 0 Å². The van der Waals surface area contributed by atoms with Gasteiger partial charge in [0, 0.05) is 0 Å². The highest BCUT2D eigenvalue weighted by molar-refractivity contribution is 5.37. The second-order valence-electron chi connectivity index (χ2n) is 4.81. The highest BCUT2D eigenvalue weighted by Gasteiger charge is 2.46. The molecule has 0 aromatic carbocycles. The first-order chi connectivity index (χ1) is 7.76. The molecule has 7 nitrogen and oxygen atoms in total. The fraction of sp³-hybridized carbons (Fsp3) is 0.900. The van der Waals surface area contributed by atoms with Crippen molar-refractivity contribution in [1.82, 2.24) is 0 Å². The van der Waals surface area contributed by atoms with Crippen LogP contribution in [0.1, 0.15) is 20.8 Å². The molecule has 0 unspecified atom stereocenters. The van der Waals surface area contributed by atoms with Gasteiger partial charge in [0.2, 0.25) is 6.29 Å². The Kier molecular flexibility index (Phi) is 4.45. The topological polar surface area (TPSA) is 105 Å². The Balaban J connectivity index is 2.74. The second-order valence-corrected chi connectivity index (χ2v) is 4.81. The van der Waals surface area contributed by atoms with Gasteiger partial charge in [-0.05, 0) is 20.8 Å². The van der Waals surface area contributed by atoms with E-state index in [1.165, 1.54) is 0 Å². The molecule has 0 saturated carbocycles. The maximum atomic E-state index is 10.2. The predicted octanol–water partition coefficient (Wildman–Crippen LogP) is -1.26. The molecule has 0 aliphatic carbocycles. The van der Waals surface area contributed by atoms with Gasteiger partial charge < -0.3 is 29.5 Å². The molecule has 1 heterocycles. The summed E-state index contributed by atoms with van der Waals surface area (Å²) in [4.78, 5) is 10.2. The molecule has 5 atom stereocenters. The van der Waals surface area contributed by atoms with Crippen molar-refractivity contribution < 1.29 is 34.3 Å². The third-order valence-electron chi connectivity index (χ3n) is 2.19. The summed E-state index contributed by atoms with van der Waals surface area (Å²) in [6.45, 7) is 5.29. The van der Waals surface area contributed by atoms with Gasteiger partial charge in [-0.25, -0.2) is 0 Å². The van der Waals surface area contributed by atoms with Crippen LogP contribution in [0.3, 0.4) is 0 Å². The van der Waals surface area contributed by atoms with E-state index in [-0.39, 0.29) is 6.47 Å². The molecule has 3 N–H and O–H groups in total. The maximum absolute atomic E-state index is 10.2. The van der Waals surface area contributed by atoms with Gasteiger partial charge in [0.1, 0.15) is 18.3 Å². The molecule has 100 valence electrons. The van der Waals surface area contributed by atoms with Crippen LogP contribution < -0.4 is 0 Å². The van der Waals surface area contributed by atoms with Crippen LogP contribution in [0, 0.1) is 0 Å². The summed E-state index contributed by atoms with van der Waals surface area (Å²) in [5.74, 6) is 0. The molecule has 1 rings (SSSR count). The standard InChI is InChI=1S/C10H18O7/c1-10(2,3)17-9-7(14)5(12)6(13)8(16-9)15-4-11/h4-9,12-14H,1-3H3/t5-,6-,7+,8-,9-/m0/s1. The van der Waals surface area contributed by atoms with Gasteiger partial charge in [-0.1, -0.05) is 0 Å². The number of hydrogen-bond donors (Lipinski definition) is 3. The molecule has 0 bridgehead atoms. The molecule has 0 spiro atoms. The average Bonchev–Trinajstić information content (AvgIpc) is 2.20. The fourth-order valence-corrected chi connectivity index (χ4v) is 1.43. The summed E-state index contributed by atoms with van der Waals surface area (Å²) < 4.78 is 14.9. The molecule has 0 aromatic rings. The van der Waals surface area contributed by atoms with E-state index in [4.69, 9.17) is 9.47 Å². The minimum absolute atomic E-state index is 0.0897. The summed E-state index contributed by atoms with van der Waals surface area (Å²) in [7, 11) is 0. The van der Waals surface area contributed by atoms with Crippen molar-refractivity contribution in [2.45, 2.75) is 57.3 Å². The van der Waals surface area contributed by atoms with Crippen molar-refractivity contribution in [1.29, 1.82) is 0 Å². The highest BCUT2D eigenvalue weighted by atomic mass is 16.8. The van der Waals surface area contributed by atoms with E-state index >= 15 is 0 Å². The van der Waals surface area contributed by atoms with E-state index in [1.54, 1.807) is 20.8 Å². The van der Waals surface area contributed by atoms with Crippen LogP contribution in [0.15, 0.2) is 0 Å². The molecule has 0 radical (unpaired) electrons. The molecule has 0 amide bonds. The lowest BCUT2D eigenvalue weighted by molar-refractivity contribution is -0.354. The first kappa shape index (κ1) is 14.3. The quantitative estimate of drug-likeness (QED) is 0.537. The lowest BCUT2D eigenvalue weighted by Gasteiger charge is -2.41. The number of aliphatic hydroxyl groups is 3. The Morgan fingerprint density at radius 2 is 1.59 bits per heavy atom. The highest BCUT2D eigenvalue weighted by Crippen LogP contribution is 2.25. The van der Waals surface area contributed by atoms with Gasteiger partial charge in [-0.15, -0.1) is 0 Å². The van der Waals surface area contributed by atoms with Gasteiger partial charge in [-0.2, -0.15) is 0 Å². The maximum Gasteiger partial charge on any atom is 0.295 e. The van der Waals surface area contributed by atoms with Crippen LogP contribution in [0.4, 0.5) is 0 Å². The monoisotopic (exact) mass is 250 g/mol. The number of ether oxygens (including phenoxy) is 3. The zero-order chi connectivity index (χ0) is 13.2. The smallest absolute Gasteiger partial charge is 0.295 e. The summed E-state index contributed by atoms with van der Waals surface area (Å²) in [5.41, 5.74) is -0.626. The van der Waals surface area contributed by atoms with Crippen LogP contribution in [-0.4, -0.2) is 58.3 Å². The van der Waals surface area contributed by atoms with Gasteiger partial charge in [0.15, 0.2) is 6.29 Å². The van der Waals surface area contributed by atoms with Gasteiger partial charge in [-0.3, -0.25) is 4.79 Å². The minimum Gasteiger partial charge on any atom is -0.435 e. The second kappa shape index (κ2) is 5.28. The Morgan fingerprint density at radius 1 is 1.06 bits per heavy atom. The lowest BCUT2D eigenvalue weighted by atomic mass is 10.0. The summed E-state index contributed by atoms with van der Waals surface area (Å²) in [6, 6.07) is 0. The van der Waals surface area contributed by atoms with E-state index in [9.17, 15) is 20.1 Å². The van der Waals surface area contributed by atoms with Crippen molar-refractivity contribution in [3.8, 4) is 0 Å². The molecule has 1 fully saturated rings. The van der Waals surface area contributed by atoms with Crippen molar-refractivity contribution >= 4 is 6.47 Å². The van der Waals surface area contributed by atoms with Crippen molar-refractivity contribution in [2.75, 3.05) is 0 Å². The van der Waals surface area contributed by atoms with Crippen LogP contribution in [0.5, 0.6) is 0 Å². The Labute approximate surface area is 98.9 Å². The van der Waals surface area contributed by atoms with E-state index < -0.39 is 36.5 Å². The van der Waals surface area contributed by atoms with E-state index in [0.717, 1.165) is 0 Å². The molecular formula is C10H18O7. The normalized spacial score (nSPS) is 38.8. The van der Waals surface area contributed by atoms with Gasteiger partial charge in [0.25, 0.3) is 6.47 Å². The Bertz CT molecular complexity index is 262. The molecule has 17 heavy (non-hydrogen) atoms. The molecule has 0 aromatic heterocycles. The third kappa shape index (κ3) is 3.62. The first-order valence-electron chi connectivity index (χ1n) is 5.23. The number of aliphatic hydroxyl groups excluding tert-OH is 3. The van der Waals surface area contributed by atoms with Gasteiger partial charge in [0.05, 0.1) is 5.60 Å². The SMILES string of the molecule is CC(C)(C)O[C@@H]1O[C@H](OC=O)[C@@H](O)[C@H](O)[C@H]1O. The lowest BCUT2D eigenvalue weighted by Crippen LogP contribution is -2.59. The van der Waals surface area contributed by atoms with Crippen LogP contribution in [-0.2, 0) is 19.0 Å². The molecule has 1 aliphatic rings. The van der Waals surface area contributed by atoms with E-state index in [2.05, 4.69) is 4.74 Å². The zero-order valence-electron chi connectivity index (χ0n) is 9.94. The average molecular weight is 250 g/mol. The summed E-state index contributed by atoms with van der Waals surface area (Å²) in [5, 5.41) is 28.7. The number of carbonyl (C=O) groups excluding carboxylic acids is 1. The molecule has 1 aliphatic heterocycles. The zero-order valence-corrected chi connectivity index (χ0v) is 9.94. The minimum atomic E-state index is -1.52. The van der Waals surface area contributed by atoms with Gasteiger partial charge >= 0.3 is 0 Å². The largest absolute Gasteiger partial charge is 0.435 e. The molecule has 7 heteroatoms. The first-order valence-corrected chi connectivity index (χ1v) is 5.23. The Morgan fingerprint density at radius 3 is 2.06 bits per heavy atom. The summed E-state index contributed by atoms with van der Waals surface area (Å²) in [6.07, 6.45) is -7.00. The van der Waals surface area contributed by atoms with E-state index in [1.807, 2.05) is 0 Å². The van der Waals surface area contributed by atoms with Crippen molar-refractivity contribution in [2.24, 2.45) is 0 Å². The third-order valence-corrected chi connectivity index (χ3v) is 2.19. The Hall–Kier alpha value is -0.730. The molecular weight excluding hydrogens is 232 g/mol. The number of hydrogen-bond acceptors (Lipinski definition) is 7. The summed E-state index contributed by atoms with van der Waals surface area (Å²) >= 11 is 0. The predicted molar refractivity (Wildman–Crippen MR) is 54.7 cm³/mol. The molecule has 1 saturated heterocycles. The number of carbonyl (C=O) groups is 1. The van der Waals surface area contributed by atoms with Crippen LogP contribution >= 0.6 is 0 Å². The van der Waals surface area contributed by atoms with Crippen molar-refractivity contribution in [3.63, 3.8) is 0 Å². The van der Waals surface area contributed by atoms with Crippen LogP contribution in [0.2, 0.25) is 0 Å². The number of rotatable bonds is 3.